The molecule has 1 saturated heterocycles. The van der Waals surface area contributed by atoms with E-state index in [2.05, 4.69) is 3.17 Å². The zero-order valence-corrected chi connectivity index (χ0v) is 13.1. The SMILES string of the molecule is CC1CCI(O[NH+]([O-])[I-]O[NH+]([O-])O)C(C)O1. The predicted molar refractivity (Wildman–Crippen MR) is 56.1 cm³/mol. The van der Waals surface area contributed by atoms with E-state index in [4.69, 9.17) is 13.1 Å². The van der Waals surface area contributed by atoms with E-state index in [1.54, 1.807) is 0 Å². The molecule has 0 amide bonds. The second-order valence-corrected chi connectivity index (χ2v) is 10.1. The van der Waals surface area contributed by atoms with Crippen LogP contribution >= 0.6 is 20.2 Å². The molecular weight excluding hydrogens is 450 g/mol. The van der Waals surface area contributed by atoms with Gasteiger partial charge in [-0.25, -0.2) is 0 Å². The van der Waals surface area contributed by atoms with Crippen molar-refractivity contribution in [1.82, 2.24) is 0 Å². The van der Waals surface area contributed by atoms with Crippen LogP contribution in [0.25, 0.3) is 0 Å². The van der Waals surface area contributed by atoms with Crippen LogP contribution in [0.5, 0.6) is 0 Å². The number of alkyl halides is 2. The Balaban J connectivity index is 2.25. The van der Waals surface area contributed by atoms with Crippen LogP contribution < -0.4 is 30.7 Å². The second kappa shape index (κ2) is 7.55. The number of hydrogen-bond acceptors (Lipinski definition) is 6. The molecule has 0 bridgehead atoms. The summed E-state index contributed by atoms with van der Waals surface area (Å²) in [6, 6.07) is 0. The van der Waals surface area contributed by atoms with Crippen LogP contribution in [0.2, 0.25) is 0 Å². The molecule has 3 N–H and O–H groups in total. The number of nitrogens with one attached hydrogen (secondary N) is 2. The molecule has 10 heteroatoms. The molecule has 0 spiro atoms. The third-order valence-electron chi connectivity index (χ3n) is 1.79. The van der Waals surface area contributed by atoms with Gasteiger partial charge in [-0.3, -0.25) is 0 Å². The number of quaternary nitrogens is 2. The molecule has 4 unspecified atom stereocenters. The summed E-state index contributed by atoms with van der Waals surface area (Å²) >= 11 is -3.39. The van der Waals surface area contributed by atoms with Gasteiger partial charge >= 0.3 is 113 Å². The van der Waals surface area contributed by atoms with E-state index >= 15 is 0 Å². The van der Waals surface area contributed by atoms with Gasteiger partial charge in [-0.15, -0.1) is 0 Å². The first kappa shape index (κ1) is 15.2. The Hall–Kier alpha value is 1.14. The monoisotopic (exact) mass is 465 g/mol. The van der Waals surface area contributed by atoms with Crippen LogP contribution in [-0.4, -0.2) is 19.8 Å². The van der Waals surface area contributed by atoms with Crippen molar-refractivity contribution in [3.63, 3.8) is 0 Å². The number of hydrogen-bond donors (Lipinski definition) is 3. The summed E-state index contributed by atoms with van der Waals surface area (Å²) < 4.78 is 15.5. The quantitative estimate of drug-likeness (QED) is 0.164. The van der Waals surface area contributed by atoms with Gasteiger partial charge in [0.2, 0.25) is 0 Å². The Labute approximate surface area is 112 Å². The third kappa shape index (κ3) is 5.65. The van der Waals surface area contributed by atoms with Crippen molar-refractivity contribution in [2.24, 2.45) is 0 Å². The van der Waals surface area contributed by atoms with Crippen LogP contribution in [0.3, 0.4) is 0 Å². The number of halogens is 2. The first-order valence-corrected chi connectivity index (χ1v) is 10.2. The first-order chi connectivity index (χ1) is 7.49. The Bertz CT molecular complexity index is 211. The van der Waals surface area contributed by atoms with Gasteiger partial charge in [0.15, 0.2) is 0 Å². The van der Waals surface area contributed by atoms with E-state index in [-0.39, 0.29) is 10.2 Å². The number of ether oxygens (including phenoxy) is 1. The molecule has 16 heavy (non-hydrogen) atoms. The summed E-state index contributed by atoms with van der Waals surface area (Å²) in [5.74, 6) is 0. The molecule has 4 atom stereocenters. The molecule has 0 saturated carbocycles. The van der Waals surface area contributed by atoms with Gasteiger partial charge in [-0.1, -0.05) is 0 Å². The molecule has 0 aliphatic carbocycles. The van der Waals surface area contributed by atoms with Gasteiger partial charge in [0.05, 0.1) is 0 Å². The van der Waals surface area contributed by atoms with Gasteiger partial charge < -0.3 is 0 Å². The van der Waals surface area contributed by atoms with Crippen LogP contribution in [0, 0.1) is 10.4 Å². The standard InChI is InChI=1S/C6H15I2N2O6/c1-5-3-4-8(6(2)14-5)16-9(11)7-15-10(12)13/h5-6,9-10,12H,3-4H2,1-2H3/q-1. The summed E-state index contributed by atoms with van der Waals surface area (Å²) in [7, 11) is 0. The Morgan fingerprint density at radius 3 is 2.75 bits per heavy atom. The van der Waals surface area contributed by atoms with Crippen molar-refractivity contribution < 1.29 is 47.0 Å². The van der Waals surface area contributed by atoms with E-state index in [0.29, 0.717) is 0 Å². The van der Waals surface area contributed by atoms with Crippen LogP contribution in [0.15, 0.2) is 0 Å². The van der Waals surface area contributed by atoms with Crippen molar-refractivity contribution in [1.29, 1.82) is 0 Å². The summed E-state index contributed by atoms with van der Waals surface area (Å²) in [4.78, 5) is 0. The van der Waals surface area contributed by atoms with Crippen molar-refractivity contribution in [2.75, 3.05) is 4.43 Å². The molecule has 0 aromatic heterocycles. The Morgan fingerprint density at radius 2 is 2.19 bits per heavy atom. The summed E-state index contributed by atoms with van der Waals surface area (Å²) in [6.07, 6.45) is 1.12. The summed E-state index contributed by atoms with van der Waals surface area (Å²) in [5, 5.41) is 28.2. The van der Waals surface area contributed by atoms with Gasteiger partial charge in [-0.2, -0.15) is 0 Å². The Kier molecular flexibility index (Phi) is 7.17. The fourth-order valence-electron chi connectivity index (χ4n) is 1.12. The van der Waals surface area contributed by atoms with Gasteiger partial charge in [-0.05, 0) is 0 Å². The summed E-state index contributed by atoms with van der Waals surface area (Å²) in [6.45, 7) is 3.90. The van der Waals surface area contributed by atoms with Gasteiger partial charge in [0, 0.05) is 0 Å². The zero-order chi connectivity index (χ0) is 12.1. The minimum absolute atomic E-state index is 0.00531. The average Bonchev–Trinajstić information content (AvgIpc) is 2.19. The van der Waals surface area contributed by atoms with Crippen molar-refractivity contribution in [3.8, 4) is 0 Å². The van der Waals surface area contributed by atoms with Gasteiger partial charge in [0.25, 0.3) is 0 Å². The normalized spacial score (nSPS) is 32.7. The average molecular weight is 465 g/mol. The van der Waals surface area contributed by atoms with E-state index in [9.17, 15) is 10.4 Å². The zero-order valence-electron chi connectivity index (χ0n) is 8.81. The molecule has 8 nitrogen and oxygen atoms in total. The minimum atomic E-state index is -1.88. The van der Waals surface area contributed by atoms with E-state index in [1.165, 1.54) is 0 Å². The molecule has 1 heterocycles. The van der Waals surface area contributed by atoms with Crippen LogP contribution in [0.1, 0.15) is 20.3 Å². The molecule has 1 fully saturated rings. The molecule has 0 radical (unpaired) electrons. The molecule has 1 aliphatic rings. The summed E-state index contributed by atoms with van der Waals surface area (Å²) in [5.41, 5.74) is 0. The van der Waals surface area contributed by atoms with Crippen LogP contribution in [0.4, 0.5) is 0 Å². The molecule has 0 aromatic rings. The maximum atomic E-state index is 11.3. The van der Waals surface area contributed by atoms with Gasteiger partial charge in [0.1, 0.15) is 0 Å². The number of rotatable bonds is 5. The Morgan fingerprint density at radius 1 is 1.50 bits per heavy atom. The van der Waals surface area contributed by atoms with E-state index in [1.807, 2.05) is 13.8 Å². The maximum absolute atomic E-state index is 11.3. The van der Waals surface area contributed by atoms with Crippen molar-refractivity contribution in [2.45, 2.75) is 30.5 Å². The molecule has 1 aliphatic heterocycles. The second-order valence-electron chi connectivity index (χ2n) is 3.05. The fraction of sp³-hybridized carbons (Fsp3) is 1.00. The first-order valence-electron chi connectivity index (χ1n) is 4.56. The predicted octanol–water partition coefficient (Wildman–Crippen LogP) is -4.50. The van der Waals surface area contributed by atoms with E-state index < -0.39 is 51.0 Å². The molecule has 1 rings (SSSR count). The molecular formula is C6H15I2N2O6-. The molecule has 0 aromatic carbocycles. The third-order valence-corrected chi connectivity index (χ3v) is 8.71. The molecule has 100 valence electrons. The van der Waals surface area contributed by atoms with Crippen LogP contribution in [-0.2, 0) is 11.1 Å². The topological polar surface area (TPSA) is 103 Å². The van der Waals surface area contributed by atoms with E-state index in [0.717, 1.165) is 10.8 Å². The van der Waals surface area contributed by atoms with Crippen molar-refractivity contribution >= 4 is 20.2 Å². The fourth-order valence-corrected chi connectivity index (χ4v) is 7.66. The van der Waals surface area contributed by atoms with Crippen molar-refractivity contribution in [3.05, 3.63) is 10.4 Å².